The summed E-state index contributed by atoms with van der Waals surface area (Å²) in [5.41, 5.74) is 6.12. The maximum Gasteiger partial charge on any atom is 0.303 e. The highest BCUT2D eigenvalue weighted by molar-refractivity contribution is 7.17. The van der Waals surface area contributed by atoms with Gasteiger partial charge in [-0.3, -0.25) is 14.4 Å². The first-order chi connectivity index (χ1) is 11.9. The van der Waals surface area contributed by atoms with E-state index < -0.39 is 23.8 Å². The Labute approximate surface area is 148 Å². The van der Waals surface area contributed by atoms with Crippen LogP contribution in [0.5, 0.6) is 5.75 Å². The summed E-state index contributed by atoms with van der Waals surface area (Å²) in [5, 5.41) is 11.2. The Morgan fingerprint density at radius 3 is 2.68 bits per heavy atom. The summed E-state index contributed by atoms with van der Waals surface area (Å²) in [5.74, 6) is -1.58. The second-order valence-corrected chi connectivity index (χ2v) is 6.34. The van der Waals surface area contributed by atoms with Crippen LogP contribution in [0.4, 0.5) is 0 Å². The van der Waals surface area contributed by atoms with Gasteiger partial charge in [0.25, 0.3) is 5.91 Å². The molecule has 0 aliphatic heterocycles. The number of methoxy groups -OCH3 is 1. The van der Waals surface area contributed by atoms with Crippen molar-refractivity contribution in [3.8, 4) is 16.2 Å². The van der Waals surface area contributed by atoms with Gasteiger partial charge in [-0.1, -0.05) is 12.1 Å². The molecule has 0 spiro atoms. The molecule has 8 heteroatoms. The smallest absolute Gasteiger partial charge is 0.303 e. The minimum atomic E-state index is -1.06. The molecule has 0 aliphatic carbocycles. The molecule has 4 N–H and O–H groups in total. The van der Waals surface area contributed by atoms with Gasteiger partial charge in [0.1, 0.15) is 11.8 Å². The summed E-state index contributed by atoms with van der Waals surface area (Å²) < 4.78 is 5.18. The van der Waals surface area contributed by atoms with Crippen LogP contribution < -0.4 is 15.8 Å². The number of aliphatic carboxylic acids is 1. The van der Waals surface area contributed by atoms with Crippen LogP contribution in [-0.4, -0.2) is 36.0 Å². The predicted molar refractivity (Wildman–Crippen MR) is 93.6 cm³/mol. The monoisotopic (exact) mass is 362 g/mol. The van der Waals surface area contributed by atoms with E-state index in [9.17, 15) is 14.4 Å². The third-order valence-corrected chi connectivity index (χ3v) is 4.61. The summed E-state index contributed by atoms with van der Waals surface area (Å²) in [6.07, 6.45) is -0.308. The normalized spacial score (nSPS) is 11.6. The Hall–Kier alpha value is -2.87. The summed E-state index contributed by atoms with van der Waals surface area (Å²) in [6.45, 7) is 0. The number of hydrogen-bond acceptors (Lipinski definition) is 5. The van der Waals surface area contributed by atoms with E-state index in [4.69, 9.17) is 15.6 Å². The molecule has 1 aromatic heterocycles. The van der Waals surface area contributed by atoms with Crippen molar-refractivity contribution in [3.05, 3.63) is 41.3 Å². The largest absolute Gasteiger partial charge is 0.497 e. The first kappa shape index (κ1) is 18.5. The number of thiophene rings is 1. The van der Waals surface area contributed by atoms with Crippen molar-refractivity contribution >= 4 is 29.1 Å². The zero-order valence-corrected chi connectivity index (χ0v) is 14.3. The minimum absolute atomic E-state index is 0.0511. The molecule has 0 aliphatic rings. The van der Waals surface area contributed by atoms with Gasteiger partial charge >= 0.3 is 5.97 Å². The number of carbonyl (C=O) groups is 3. The van der Waals surface area contributed by atoms with Crippen molar-refractivity contribution in [3.63, 3.8) is 0 Å². The molecule has 0 bridgehead atoms. The number of rotatable bonds is 8. The molecular formula is C17H18N2O5S. The summed E-state index contributed by atoms with van der Waals surface area (Å²) in [4.78, 5) is 35.6. The van der Waals surface area contributed by atoms with Gasteiger partial charge in [0.05, 0.1) is 12.0 Å². The van der Waals surface area contributed by atoms with Gasteiger partial charge in [-0.05, 0) is 36.2 Å². The number of ether oxygens (including phenoxy) is 1. The number of carboxylic acid groups (broad SMARTS) is 1. The van der Waals surface area contributed by atoms with Crippen LogP contribution in [0.15, 0.2) is 36.4 Å². The highest BCUT2D eigenvalue weighted by Crippen LogP contribution is 2.30. The SMILES string of the molecule is COc1cccc(-c2ccc(C(=O)N[C@@H](CCC(=O)O)C(N)=O)s2)c1. The van der Waals surface area contributed by atoms with Crippen LogP contribution in [-0.2, 0) is 9.59 Å². The number of benzene rings is 1. The molecule has 1 atom stereocenters. The van der Waals surface area contributed by atoms with Crippen molar-refractivity contribution < 1.29 is 24.2 Å². The zero-order valence-electron chi connectivity index (χ0n) is 13.5. The molecule has 7 nitrogen and oxygen atoms in total. The summed E-state index contributed by atoms with van der Waals surface area (Å²) in [7, 11) is 1.58. The molecule has 25 heavy (non-hydrogen) atoms. The first-order valence-electron chi connectivity index (χ1n) is 7.47. The van der Waals surface area contributed by atoms with Gasteiger partial charge in [-0.15, -0.1) is 11.3 Å². The van der Waals surface area contributed by atoms with E-state index in [0.29, 0.717) is 10.6 Å². The Balaban J connectivity index is 2.10. The molecule has 0 radical (unpaired) electrons. The van der Waals surface area contributed by atoms with Crippen LogP contribution in [0.25, 0.3) is 10.4 Å². The van der Waals surface area contributed by atoms with Crippen molar-refractivity contribution in [2.45, 2.75) is 18.9 Å². The quantitative estimate of drug-likeness (QED) is 0.662. The molecule has 0 saturated carbocycles. The van der Waals surface area contributed by atoms with Crippen LogP contribution in [0.2, 0.25) is 0 Å². The molecule has 0 unspecified atom stereocenters. The maximum absolute atomic E-state index is 12.3. The van der Waals surface area contributed by atoms with E-state index in [2.05, 4.69) is 5.32 Å². The molecule has 2 rings (SSSR count). The van der Waals surface area contributed by atoms with E-state index in [1.807, 2.05) is 24.3 Å². The van der Waals surface area contributed by atoms with Crippen LogP contribution in [0.1, 0.15) is 22.5 Å². The maximum atomic E-state index is 12.3. The Morgan fingerprint density at radius 2 is 2.04 bits per heavy atom. The van der Waals surface area contributed by atoms with Gasteiger partial charge in [0.15, 0.2) is 0 Å². The van der Waals surface area contributed by atoms with Gasteiger partial charge in [0, 0.05) is 11.3 Å². The highest BCUT2D eigenvalue weighted by Gasteiger charge is 2.21. The highest BCUT2D eigenvalue weighted by atomic mass is 32.1. The average Bonchev–Trinajstić information content (AvgIpc) is 3.08. The van der Waals surface area contributed by atoms with Gasteiger partial charge in [-0.2, -0.15) is 0 Å². The number of carboxylic acids is 1. The van der Waals surface area contributed by atoms with E-state index in [1.165, 1.54) is 11.3 Å². The third kappa shape index (κ3) is 5.05. The Morgan fingerprint density at radius 1 is 1.28 bits per heavy atom. The molecule has 1 aromatic carbocycles. The number of primary amides is 1. The fourth-order valence-electron chi connectivity index (χ4n) is 2.17. The topological polar surface area (TPSA) is 119 Å². The van der Waals surface area contributed by atoms with E-state index in [1.54, 1.807) is 19.2 Å². The summed E-state index contributed by atoms with van der Waals surface area (Å²) in [6, 6.07) is 9.84. The second-order valence-electron chi connectivity index (χ2n) is 5.26. The van der Waals surface area contributed by atoms with E-state index in [0.717, 1.165) is 10.4 Å². The molecular weight excluding hydrogens is 344 g/mol. The minimum Gasteiger partial charge on any atom is -0.497 e. The first-order valence-corrected chi connectivity index (χ1v) is 8.28. The van der Waals surface area contributed by atoms with E-state index in [-0.39, 0.29) is 12.8 Å². The van der Waals surface area contributed by atoms with Gasteiger partial charge in [-0.25, -0.2) is 0 Å². The molecule has 2 amide bonds. The molecule has 0 fully saturated rings. The Bertz CT molecular complexity index is 787. The Kier molecular flexibility index (Phi) is 6.13. The van der Waals surface area contributed by atoms with Crippen molar-refractivity contribution in [2.75, 3.05) is 7.11 Å². The van der Waals surface area contributed by atoms with Crippen LogP contribution in [0.3, 0.4) is 0 Å². The number of nitrogens with one attached hydrogen (secondary N) is 1. The fourth-order valence-corrected chi connectivity index (χ4v) is 3.08. The lowest BCUT2D eigenvalue weighted by molar-refractivity contribution is -0.137. The fraction of sp³-hybridized carbons (Fsp3) is 0.235. The van der Waals surface area contributed by atoms with Crippen LogP contribution in [0, 0.1) is 0 Å². The van der Waals surface area contributed by atoms with Gasteiger partial charge in [0.2, 0.25) is 5.91 Å². The van der Waals surface area contributed by atoms with Crippen molar-refractivity contribution in [2.24, 2.45) is 5.73 Å². The third-order valence-electron chi connectivity index (χ3n) is 3.48. The van der Waals surface area contributed by atoms with Crippen molar-refractivity contribution in [1.29, 1.82) is 0 Å². The molecule has 0 saturated heterocycles. The lowest BCUT2D eigenvalue weighted by Gasteiger charge is -2.13. The number of hydrogen-bond donors (Lipinski definition) is 3. The lowest BCUT2D eigenvalue weighted by Crippen LogP contribution is -2.44. The van der Waals surface area contributed by atoms with Crippen molar-refractivity contribution in [1.82, 2.24) is 5.32 Å². The standard InChI is InChI=1S/C17H18N2O5S/c1-24-11-4-2-3-10(9-11)13-6-7-14(25-13)17(23)19-12(16(18)22)5-8-15(20)21/h2-4,6-7,9,12H,5,8H2,1H3,(H2,18,22)(H,19,23)(H,20,21)/t12-/m0/s1. The number of amides is 2. The summed E-state index contributed by atoms with van der Waals surface area (Å²) >= 11 is 1.26. The molecule has 132 valence electrons. The number of carbonyl (C=O) groups excluding carboxylic acids is 2. The van der Waals surface area contributed by atoms with E-state index >= 15 is 0 Å². The second kappa shape index (κ2) is 8.29. The average molecular weight is 362 g/mol. The lowest BCUT2D eigenvalue weighted by atomic mass is 10.1. The molecule has 2 aromatic rings. The predicted octanol–water partition coefficient (Wildman–Crippen LogP) is 1.87. The zero-order chi connectivity index (χ0) is 18.4. The molecule has 1 heterocycles. The van der Waals surface area contributed by atoms with Crippen LogP contribution >= 0.6 is 11.3 Å². The number of nitrogens with two attached hydrogens (primary N) is 1. The van der Waals surface area contributed by atoms with Gasteiger partial charge < -0.3 is 20.9 Å².